The third-order valence-electron chi connectivity index (χ3n) is 4.39. The van der Waals surface area contributed by atoms with Crippen molar-refractivity contribution in [1.82, 2.24) is 5.43 Å². The molecule has 0 aliphatic rings. The van der Waals surface area contributed by atoms with Crippen LogP contribution in [0.15, 0.2) is 89.0 Å². The number of ether oxygens (including phenoxy) is 2. The first-order valence-electron chi connectivity index (χ1n) is 9.72. The number of amides is 1. The SMILES string of the molecule is C=CCOc1ccc(C(=O)N/N=C\c2cc(Br)ccc2OC(=O)c2ccccc2C)cc1. The lowest BCUT2D eigenvalue weighted by atomic mass is 10.1. The fraction of sp³-hybridized carbons (Fsp3) is 0.0800. The molecule has 1 amide bonds. The minimum atomic E-state index is -0.470. The summed E-state index contributed by atoms with van der Waals surface area (Å²) in [5.74, 6) is 0.107. The van der Waals surface area contributed by atoms with Crippen molar-refractivity contribution in [3.63, 3.8) is 0 Å². The fourth-order valence-electron chi connectivity index (χ4n) is 2.75. The summed E-state index contributed by atoms with van der Waals surface area (Å²) in [6.45, 7) is 5.82. The van der Waals surface area contributed by atoms with Crippen LogP contribution in [-0.2, 0) is 0 Å². The molecule has 0 fully saturated rings. The third-order valence-corrected chi connectivity index (χ3v) is 4.89. The maximum Gasteiger partial charge on any atom is 0.343 e. The second-order valence-electron chi connectivity index (χ2n) is 6.71. The number of rotatable bonds is 8. The van der Waals surface area contributed by atoms with E-state index < -0.39 is 5.97 Å². The molecule has 0 radical (unpaired) electrons. The van der Waals surface area contributed by atoms with Crippen molar-refractivity contribution in [2.75, 3.05) is 6.61 Å². The predicted molar refractivity (Wildman–Crippen MR) is 127 cm³/mol. The second-order valence-corrected chi connectivity index (χ2v) is 7.63. The van der Waals surface area contributed by atoms with E-state index in [2.05, 4.69) is 33.0 Å². The van der Waals surface area contributed by atoms with Crippen molar-refractivity contribution >= 4 is 34.0 Å². The second kappa shape index (κ2) is 11.1. The molecule has 3 aromatic rings. The van der Waals surface area contributed by atoms with E-state index in [0.29, 0.717) is 34.8 Å². The standard InChI is InChI=1S/C25H21BrN2O4/c1-3-14-31-21-11-8-18(9-12-21)24(29)28-27-16-19-15-20(26)10-13-23(19)32-25(30)22-7-5-4-6-17(22)2/h3-13,15-16H,1,14H2,2H3,(H,28,29)/b27-16-. The highest BCUT2D eigenvalue weighted by atomic mass is 79.9. The zero-order valence-corrected chi connectivity index (χ0v) is 19.0. The van der Waals surface area contributed by atoms with Gasteiger partial charge in [0.25, 0.3) is 5.91 Å². The lowest BCUT2D eigenvalue weighted by Crippen LogP contribution is -2.17. The molecule has 0 aromatic heterocycles. The number of aryl methyl sites for hydroxylation is 1. The summed E-state index contributed by atoms with van der Waals surface area (Å²) in [7, 11) is 0. The van der Waals surface area contributed by atoms with Crippen LogP contribution in [0.5, 0.6) is 11.5 Å². The quantitative estimate of drug-likeness (QED) is 0.152. The minimum Gasteiger partial charge on any atom is -0.490 e. The van der Waals surface area contributed by atoms with Crippen LogP contribution >= 0.6 is 15.9 Å². The number of carbonyl (C=O) groups is 2. The Bertz CT molecular complexity index is 1160. The maximum absolute atomic E-state index is 12.6. The van der Waals surface area contributed by atoms with Gasteiger partial charge in [-0.15, -0.1) is 0 Å². The zero-order chi connectivity index (χ0) is 22.9. The molecule has 0 bridgehead atoms. The monoisotopic (exact) mass is 492 g/mol. The average molecular weight is 493 g/mol. The van der Waals surface area contributed by atoms with Gasteiger partial charge in [0.1, 0.15) is 18.1 Å². The summed E-state index contributed by atoms with van der Waals surface area (Å²) in [6.07, 6.45) is 3.06. The Kier molecular flexibility index (Phi) is 7.94. The van der Waals surface area contributed by atoms with Crippen molar-refractivity contribution in [1.29, 1.82) is 0 Å². The van der Waals surface area contributed by atoms with Gasteiger partial charge in [0.15, 0.2) is 0 Å². The first-order valence-corrected chi connectivity index (χ1v) is 10.5. The number of hydrogen-bond donors (Lipinski definition) is 1. The number of hydrazone groups is 1. The van der Waals surface area contributed by atoms with Gasteiger partial charge in [0.05, 0.1) is 11.8 Å². The van der Waals surface area contributed by atoms with E-state index in [1.807, 2.05) is 19.1 Å². The summed E-state index contributed by atoms with van der Waals surface area (Å²) >= 11 is 3.39. The van der Waals surface area contributed by atoms with Crippen LogP contribution in [0.25, 0.3) is 0 Å². The van der Waals surface area contributed by atoms with E-state index in [0.717, 1.165) is 10.0 Å². The summed E-state index contributed by atoms with van der Waals surface area (Å²) < 4.78 is 11.7. The van der Waals surface area contributed by atoms with E-state index in [1.54, 1.807) is 60.7 Å². The Morgan fingerprint density at radius 1 is 1.09 bits per heavy atom. The van der Waals surface area contributed by atoms with E-state index >= 15 is 0 Å². The molecule has 0 atom stereocenters. The number of esters is 1. The number of nitrogens with one attached hydrogen (secondary N) is 1. The Balaban J connectivity index is 1.69. The van der Waals surface area contributed by atoms with Crippen LogP contribution < -0.4 is 14.9 Å². The number of hydrogen-bond acceptors (Lipinski definition) is 5. The number of carbonyl (C=O) groups excluding carboxylic acids is 2. The molecular weight excluding hydrogens is 472 g/mol. The third kappa shape index (κ3) is 6.15. The molecule has 0 heterocycles. The highest BCUT2D eigenvalue weighted by molar-refractivity contribution is 9.10. The van der Waals surface area contributed by atoms with Gasteiger partial charge in [0, 0.05) is 15.6 Å². The van der Waals surface area contributed by atoms with E-state index in [1.165, 1.54) is 6.21 Å². The zero-order valence-electron chi connectivity index (χ0n) is 17.4. The van der Waals surface area contributed by atoms with E-state index in [-0.39, 0.29) is 5.91 Å². The van der Waals surface area contributed by atoms with Crippen molar-refractivity contribution in [2.24, 2.45) is 5.10 Å². The van der Waals surface area contributed by atoms with Gasteiger partial charge < -0.3 is 9.47 Å². The summed E-state index contributed by atoms with van der Waals surface area (Å²) in [6, 6.07) is 19.0. The van der Waals surface area contributed by atoms with E-state index in [9.17, 15) is 9.59 Å². The van der Waals surface area contributed by atoms with Gasteiger partial charge >= 0.3 is 5.97 Å². The average Bonchev–Trinajstić information content (AvgIpc) is 2.80. The molecule has 0 saturated carbocycles. The maximum atomic E-state index is 12.6. The normalized spacial score (nSPS) is 10.6. The largest absolute Gasteiger partial charge is 0.490 e. The van der Waals surface area contributed by atoms with Crippen LogP contribution in [0.4, 0.5) is 0 Å². The molecular formula is C25H21BrN2O4. The Morgan fingerprint density at radius 2 is 1.84 bits per heavy atom. The molecule has 3 aromatic carbocycles. The van der Waals surface area contributed by atoms with Crippen molar-refractivity contribution < 1.29 is 19.1 Å². The van der Waals surface area contributed by atoms with Gasteiger partial charge in [-0.05, 0) is 61.0 Å². The van der Waals surface area contributed by atoms with Crippen molar-refractivity contribution in [3.8, 4) is 11.5 Å². The number of halogens is 1. The van der Waals surface area contributed by atoms with Gasteiger partial charge in [-0.2, -0.15) is 5.10 Å². The molecule has 32 heavy (non-hydrogen) atoms. The van der Waals surface area contributed by atoms with Crippen LogP contribution in [0.3, 0.4) is 0 Å². The fourth-order valence-corrected chi connectivity index (χ4v) is 3.13. The van der Waals surface area contributed by atoms with Crippen molar-refractivity contribution in [3.05, 3.63) is 106 Å². The molecule has 7 heteroatoms. The highest BCUT2D eigenvalue weighted by Gasteiger charge is 2.13. The van der Waals surface area contributed by atoms with Crippen molar-refractivity contribution in [2.45, 2.75) is 6.92 Å². The molecule has 162 valence electrons. The predicted octanol–water partition coefficient (Wildman–Crippen LogP) is 5.31. The Labute approximate surface area is 194 Å². The number of benzene rings is 3. The first-order chi connectivity index (χ1) is 15.5. The Morgan fingerprint density at radius 3 is 2.56 bits per heavy atom. The van der Waals surface area contributed by atoms with Crippen LogP contribution in [-0.4, -0.2) is 24.7 Å². The lowest BCUT2D eigenvalue weighted by molar-refractivity contribution is 0.0733. The molecule has 6 nitrogen and oxygen atoms in total. The minimum absolute atomic E-state index is 0.322. The molecule has 3 rings (SSSR count). The topological polar surface area (TPSA) is 77.0 Å². The van der Waals surface area contributed by atoms with Gasteiger partial charge in [-0.3, -0.25) is 4.79 Å². The molecule has 0 aliphatic heterocycles. The summed E-state index contributed by atoms with van der Waals surface area (Å²) in [5.41, 5.74) is 4.71. The lowest BCUT2D eigenvalue weighted by Gasteiger charge is -2.09. The van der Waals surface area contributed by atoms with Crippen LogP contribution in [0.2, 0.25) is 0 Å². The van der Waals surface area contributed by atoms with Gasteiger partial charge in [0.2, 0.25) is 0 Å². The molecule has 0 aliphatic carbocycles. The van der Waals surface area contributed by atoms with Gasteiger partial charge in [-0.25, -0.2) is 10.2 Å². The molecule has 0 spiro atoms. The molecule has 1 N–H and O–H groups in total. The highest BCUT2D eigenvalue weighted by Crippen LogP contribution is 2.23. The molecule has 0 saturated heterocycles. The smallest absolute Gasteiger partial charge is 0.343 e. The first kappa shape index (κ1) is 23.0. The Hall–Kier alpha value is -3.71. The van der Waals surface area contributed by atoms with E-state index in [4.69, 9.17) is 9.47 Å². The summed E-state index contributed by atoms with van der Waals surface area (Å²) in [4.78, 5) is 24.9. The van der Waals surface area contributed by atoms with Gasteiger partial charge in [-0.1, -0.05) is 46.8 Å². The van der Waals surface area contributed by atoms with Crippen LogP contribution in [0, 0.1) is 6.92 Å². The van der Waals surface area contributed by atoms with Crippen LogP contribution in [0.1, 0.15) is 31.8 Å². The summed E-state index contributed by atoms with van der Waals surface area (Å²) in [5, 5.41) is 4.01. The molecule has 0 unspecified atom stereocenters. The number of nitrogens with zero attached hydrogens (tertiary/aromatic N) is 1.